The Balaban J connectivity index is 0. The first-order chi connectivity index (χ1) is 22.7. The van der Waals surface area contributed by atoms with E-state index in [0.29, 0.717) is 13.2 Å². The molecule has 5 heteroatoms. The number of aromatic nitrogens is 1. The van der Waals surface area contributed by atoms with Crippen LogP contribution in [-0.2, 0) is 0 Å². The van der Waals surface area contributed by atoms with Crippen molar-refractivity contribution >= 4 is 12.0 Å². The zero-order valence-electron chi connectivity index (χ0n) is 33.3. The fourth-order valence-corrected chi connectivity index (χ4v) is 5.02. The summed E-state index contributed by atoms with van der Waals surface area (Å²) in [6, 6.07) is 7.90. The van der Waals surface area contributed by atoms with Crippen molar-refractivity contribution in [3.05, 3.63) is 81.9 Å². The largest absolute Gasteiger partial charge is 0.486 e. The average molecular weight is 663 g/mol. The Morgan fingerprint density at radius 2 is 1.48 bits per heavy atom. The van der Waals surface area contributed by atoms with E-state index in [1.165, 1.54) is 44.1 Å². The number of carbonyl (C=O) groups excluding carboxylic acids is 1. The molecule has 2 aromatic rings. The van der Waals surface area contributed by atoms with E-state index in [1.54, 1.807) is 26.3 Å². The number of nitrogens with zero attached hydrogens (tertiary/aromatic N) is 2. The summed E-state index contributed by atoms with van der Waals surface area (Å²) >= 11 is 0. The van der Waals surface area contributed by atoms with Crippen molar-refractivity contribution in [1.29, 1.82) is 0 Å². The van der Waals surface area contributed by atoms with Gasteiger partial charge >= 0.3 is 0 Å². The van der Waals surface area contributed by atoms with Gasteiger partial charge in [0.15, 0.2) is 17.3 Å². The van der Waals surface area contributed by atoms with Gasteiger partial charge in [0, 0.05) is 30.2 Å². The SMILES string of the molecule is C=C(CC)C(C)=C=CC=NC.CC(=O)c1c(C)cc(C)nc1C.CCCC(C)C.CCCC(C)CCC.Cc1ccc2c(c1)OCCO2. The molecule has 0 bridgehead atoms. The van der Waals surface area contributed by atoms with E-state index in [1.807, 2.05) is 58.9 Å². The number of allylic oxidation sites excluding steroid dienone is 2. The van der Waals surface area contributed by atoms with Crippen molar-refractivity contribution in [2.75, 3.05) is 20.3 Å². The highest BCUT2D eigenvalue weighted by atomic mass is 16.6. The third-order valence-corrected chi connectivity index (χ3v) is 7.48. The predicted octanol–water partition coefficient (Wildman–Crippen LogP) is 12.4. The highest BCUT2D eigenvalue weighted by molar-refractivity contribution is 5.96. The number of ether oxygens (including phenoxy) is 2. The fraction of sp³-hybridized carbons (Fsp3) is 0.581. The lowest BCUT2D eigenvalue weighted by atomic mass is 10.0. The second-order valence-corrected chi connectivity index (χ2v) is 12.9. The Labute approximate surface area is 296 Å². The zero-order valence-corrected chi connectivity index (χ0v) is 33.3. The second kappa shape index (κ2) is 28.6. The number of carbonyl (C=O) groups is 1. The summed E-state index contributed by atoms with van der Waals surface area (Å²) in [4.78, 5) is 19.2. The molecule has 0 unspecified atom stereocenters. The minimum atomic E-state index is 0.0949. The summed E-state index contributed by atoms with van der Waals surface area (Å²) in [7, 11) is 1.74. The highest BCUT2D eigenvalue weighted by Crippen LogP contribution is 2.30. The van der Waals surface area contributed by atoms with Gasteiger partial charge in [-0.2, -0.15) is 0 Å². The molecule has 0 aliphatic carbocycles. The molecule has 0 saturated carbocycles. The van der Waals surface area contributed by atoms with Gasteiger partial charge in [-0.1, -0.05) is 99.6 Å². The number of hydrogen-bond acceptors (Lipinski definition) is 5. The number of aryl methyl sites for hydroxylation is 4. The lowest BCUT2D eigenvalue weighted by Gasteiger charge is -2.18. The summed E-state index contributed by atoms with van der Waals surface area (Å²) in [5.74, 6) is 3.69. The number of pyridine rings is 1. The summed E-state index contributed by atoms with van der Waals surface area (Å²) in [5, 5.41) is 0. The topological polar surface area (TPSA) is 60.8 Å². The normalized spacial score (nSPS) is 11.0. The minimum absolute atomic E-state index is 0.0949. The van der Waals surface area contributed by atoms with Crippen LogP contribution in [0.1, 0.15) is 140 Å². The van der Waals surface area contributed by atoms with Gasteiger partial charge in [-0.15, -0.1) is 5.73 Å². The highest BCUT2D eigenvalue weighted by Gasteiger charge is 2.10. The first-order valence-corrected chi connectivity index (χ1v) is 18.0. The van der Waals surface area contributed by atoms with E-state index in [2.05, 4.69) is 70.8 Å². The fourth-order valence-electron chi connectivity index (χ4n) is 5.02. The van der Waals surface area contributed by atoms with E-state index < -0.39 is 0 Å². The van der Waals surface area contributed by atoms with Gasteiger partial charge in [0.2, 0.25) is 0 Å². The predicted molar refractivity (Wildman–Crippen MR) is 210 cm³/mol. The van der Waals surface area contributed by atoms with E-state index in [4.69, 9.17) is 9.47 Å². The van der Waals surface area contributed by atoms with Crippen LogP contribution in [-0.4, -0.2) is 37.2 Å². The lowest BCUT2D eigenvalue weighted by molar-refractivity contribution is 0.101. The van der Waals surface area contributed by atoms with Crippen LogP contribution in [0.15, 0.2) is 58.8 Å². The van der Waals surface area contributed by atoms with Gasteiger partial charge in [0.05, 0.1) is 0 Å². The molecule has 0 spiro atoms. The second-order valence-electron chi connectivity index (χ2n) is 12.9. The van der Waals surface area contributed by atoms with Gasteiger partial charge in [-0.3, -0.25) is 14.8 Å². The smallest absolute Gasteiger partial charge is 0.161 e. The summed E-state index contributed by atoms with van der Waals surface area (Å²) in [6.07, 6.45) is 12.7. The molecular weight excluding hydrogens is 592 g/mol. The standard InChI is InChI=1S/C10H13NO.C10H15N.C9H10O2.C8H18.C6H14/c1-6-5-7(2)11-8(3)10(6)9(4)12;1-5-9(2)10(3)7-6-8-11-4;1-7-2-3-8-9(6-7)11-5-4-10-8;1-4-6-8(3)7-5-2;1-4-5-6(2)3/h5H,1-4H3;6,8H,2,5H2,1,3-4H3;2-3,6H,4-5H2,1H3;8H,4-7H2,1-3H3;6H,4-5H2,1-3H3. The maximum Gasteiger partial charge on any atom is 0.161 e. The molecule has 5 nitrogen and oxygen atoms in total. The van der Waals surface area contributed by atoms with Gasteiger partial charge in [-0.05, 0) is 106 Å². The van der Waals surface area contributed by atoms with E-state index in [-0.39, 0.29) is 5.78 Å². The maximum absolute atomic E-state index is 11.2. The third kappa shape index (κ3) is 23.0. The Morgan fingerprint density at radius 3 is 1.92 bits per heavy atom. The van der Waals surface area contributed by atoms with Gasteiger partial charge < -0.3 is 9.47 Å². The third-order valence-electron chi connectivity index (χ3n) is 7.48. The number of Topliss-reactive ketones (excluding diaryl/α,β-unsaturated/α-hetero) is 1. The van der Waals surface area contributed by atoms with Gasteiger partial charge in [0.1, 0.15) is 13.2 Å². The Hall–Kier alpha value is -3.43. The number of aliphatic imine (C=N–C) groups is 1. The van der Waals surface area contributed by atoms with Gasteiger partial charge in [0.25, 0.3) is 0 Å². The summed E-state index contributed by atoms with van der Waals surface area (Å²) in [5.41, 5.74) is 10.1. The molecule has 3 rings (SSSR count). The van der Waals surface area contributed by atoms with Crippen molar-refractivity contribution in [1.82, 2.24) is 4.98 Å². The molecule has 48 heavy (non-hydrogen) atoms. The van der Waals surface area contributed by atoms with E-state index in [0.717, 1.165) is 63.4 Å². The molecule has 0 radical (unpaired) electrons. The van der Waals surface area contributed by atoms with Crippen molar-refractivity contribution in [2.24, 2.45) is 16.8 Å². The van der Waals surface area contributed by atoms with E-state index in [9.17, 15) is 4.79 Å². The molecule has 0 fully saturated rings. The number of benzene rings is 1. The zero-order chi connectivity index (χ0) is 37.1. The first-order valence-electron chi connectivity index (χ1n) is 18.0. The van der Waals surface area contributed by atoms with Crippen LogP contribution in [0.25, 0.3) is 0 Å². The molecule has 1 aliphatic rings. The van der Waals surface area contributed by atoms with Crippen LogP contribution in [0.4, 0.5) is 0 Å². The van der Waals surface area contributed by atoms with Crippen molar-refractivity contribution in [2.45, 2.75) is 135 Å². The molecule has 0 atom stereocenters. The molecule has 1 aromatic carbocycles. The van der Waals surface area contributed by atoms with Gasteiger partial charge in [-0.25, -0.2) is 0 Å². The summed E-state index contributed by atoms with van der Waals surface area (Å²) in [6.45, 7) is 32.3. The number of ketones is 1. The maximum atomic E-state index is 11.2. The van der Waals surface area contributed by atoms with Crippen LogP contribution < -0.4 is 9.47 Å². The molecule has 0 saturated heterocycles. The molecule has 270 valence electrons. The van der Waals surface area contributed by atoms with Crippen LogP contribution in [0.5, 0.6) is 11.5 Å². The minimum Gasteiger partial charge on any atom is -0.486 e. The quantitative estimate of drug-likeness (QED) is 0.110. The van der Waals surface area contributed by atoms with Crippen LogP contribution in [0, 0.1) is 39.5 Å². The van der Waals surface area contributed by atoms with Crippen LogP contribution in [0.3, 0.4) is 0 Å². The van der Waals surface area contributed by atoms with Crippen LogP contribution in [0.2, 0.25) is 0 Å². The number of rotatable bonds is 10. The molecule has 2 heterocycles. The number of hydrogen-bond donors (Lipinski definition) is 0. The Kier molecular flexibility index (Phi) is 27.8. The monoisotopic (exact) mass is 663 g/mol. The van der Waals surface area contributed by atoms with E-state index >= 15 is 0 Å². The molecule has 1 aromatic heterocycles. The Bertz CT molecular complexity index is 1250. The van der Waals surface area contributed by atoms with Crippen molar-refractivity contribution in [3.63, 3.8) is 0 Å². The van der Waals surface area contributed by atoms with Crippen LogP contribution >= 0.6 is 0 Å². The lowest BCUT2D eigenvalue weighted by Crippen LogP contribution is -2.15. The first kappa shape index (κ1) is 46.7. The summed E-state index contributed by atoms with van der Waals surface area (Å²) < 4.78 is 10.7. The average Bonchev–Trinajstić information content (AvgIpc) is 3.01. The molecular formula is C43H70N2O3. The van der Waals surface area contributed by atoms with Crippen molar-refractivity contribution < 1.29 is 14.3 Å². The molecule has 0 amide bonds. The molecule has 1 aliphatic heterocycles. The molecule has 0 N–H and O–H groups in total. The Morgan fingerprint density at radius 1 is 0.917 bits per heavy atom. The van der Waals surface area contributed by atoms with Crippen molar-refractivity contribution in [3.8, 4) is 11.5 Å². The number of fused-ring (bicyclic) bond motifs is 1.